The molecule has 4 aromatic rings. The second kappa shape index (κ2) is 8.95. The van der Waals surface area contributed by atoms with E-state index < -0.39 is 11.0 Å². The molecule has 1 aliphatic carbocycles. The van der Waals surface area contributed by atoms with Gasteiger partial charge >= 0.3 is 0 Å². The number of ether oxygens (including phenoxy) is 2. The first-order chi connectivity index (χ1) is 19.4. The largest absolute Gasteiger partial charge is 0.493 e. The molecule has 200 valence electrons. The third kappa shape index (κ3) is 3.14. The monoisotopic (exact) mass is 550 g/mol. The molecule has 40 heavy (non-hydrogen) atoms. The highest BCUT2D eigenvalue weighted by molar-refractivity contribution is 6.31. The van der Waals surface area contributed by atoms with Crippen molar-refractivity contribution in [1.82, 2.24) is 5.32 Å². The van der Waals surface area contributed by atoms with Crippen molar-refractivity contribution in [3.05, 3.63) is 124 Å². The van der Waals surface area contributed by atoms with Crippen LogP contribution >= 0.6 is 11.6 Å². The van der Waals surface area contributed by atoms with Crippen molar-refractivity contribution in [3.63, 3.8) is 0 Å². The maximum Gasteiger partial charge on any atom is 0.250 e. The third-order valence-electron chi connectivity index (χ3n) is 8.93. The van der Waals surface area contributed by atoms with Crippen LogP contribution in [-0.2, 0) is 16.8 Å². The Kier molecular flexibility index (Phi) is 5.56. The van der Waals surface area contributed by atoms with Crippen LogP contribution in [0.3, 0.4) is 0 Å². The number of hydrogen-bond donors (Lipinski definition) is 2. The second-order valence-corrected chi connectivity index (χ2v) is 11.1. The smallest absolute Gasteiger partial charge is 0.250 e. The fraction of sp³-hybridized carbons (Fsp3) is 0.212. The second-order valence-electron chi connectivity index (χ2n) is 10.7. The molecule has 0 aromatic heterocycles. The van der Waals surface area contributed by atoms with E-state index in [0.29, 0.717) is 39.8 Å². The Morgan fingerprint density at radius 2 is 1.48 bits per heavy atom. The van der Waals surface area contributed by atoms with Gasteiger partial charge in [0.05, 0.1) is 19.6 Å². The SMILES string of the molecule is COc1cc2c(cc1OC)C(=O)C1(C2)C(c2ccccc2)C(c2ccccc2)NC12C(=O)Nc1ccc(Cl)cc12. The molecule has 0 bridgehead atoms. The van der Waals surface area contributed by atoms with Crippen LogP contribution in [0.1, 0.15) is 44.6 Å². The molecule has 4 atom stereocenters. The fourth-order valence-corrected chi connectivity index (χ4v) is 7.52. The third-order valence-corrected chi connectivity index (χ3v) is 9.16. The minimum absolute atomic E-state index is 0.105. The highest BCUT2D eigenvalue weighted by Crippen LogP contribution is 2.68. The molecule has 3 aliphatic rings. The molecule has 2 aliphatic heterocycles. The number of anilines is 1. The predicted octanol–water partition coefficient (Wildman–Crippen LogP) is 6.06. The minimum atomic E-state index is -1.38. The van der Waals surface area contributed by atoms with Crippen molar-refractivity contribution in [3.8, 4) is 11.5 Å². The number of nitrogens with one attached hydrogen (secondary N) is 2. The maximum atomic E-state index is 15.1. The number of carbonyl (C=O) groups excluding carboxylic acids is 2. The van der Waals surface area contributed by atoms with Crippen molar-refractivity contribution in [2.24, 2.45) is 5.41 Å². The summed E-state index contributed by atoms with van der Waals surface area (Å²) in [7, 11) is 3.13. The molecular weight excluding hydrogens is 524 g/mol. The van der Waals surface area contributed by atoms with Gasteiger partial charge in [-0.05, 0) is 53.4 Å². The highest BCUT2D eigenvalue weighted by Gasteiger charge is 2.75. The maximum absolute atomic E-state index is 15.1. The molecule has 0 radical (unpaired) electrons. The standard InChI is InChI=1S/C33H27ClN2O4/c1-39-26-15-21-18-32(30(37)23(21)17-27(26)40-2)28(19-9-5-3-6-10-19)29(20-11-7-4-8-12-20)36-33(32)24-16-22(34)13-14-25(24)35-31(33)38/h3-17,28-29,36H,18H2,1-2H3,(H,35,38). The van der Waals surface area contributed by atoms with E-state index in [1.807, 2.05) is 78.9 Å². The zero-order valence-electron chi connectivity index (χ0n) is 22.0. The summed E-state index contributed by atoms with van der Waals surface area (Å²) in [4.78, 5) is 29.5. The first kappa shape index (κ1) is 24.9. The van der Waals surface area contributed by atoms with Crippen LogP contribution in [0.25, 0.3) is 0 Å². The molecule has 2 N–H and O–H groups in total. The highest BCUT2D eigenvalue weighted by atomic mass is 35.5. The molecule has 1 saturated heterocycles. The van der Waals surface area contributed by atoms with Gasteiger partial charge in [0.25, 0.3) is 5.91 Å². The summed E-state index contributed by atoms with van der Waals surface area (Å²) < 4.78 is 11.2. The Labute approximate surface area is 237 Å². The van der Waals surface area contributed by atoms with E-state index >= 15 is 4.79 Å². The van der Waals surface area contributed by atoms with Crippen molar-refractivity contribution >= 4 is 29.0 Å². The van der Waals surface area contributed by atoms with Crippen LogP contribution in [0.4, 0.5) is 5.69 Å². The molecule has 2 spiro atoms. The van der Waals surface area contributed by atoms with Gasteiger partial charge < -0.3 is 14.8 Å². The normalized spacial score (nSPS) is 26.2. The lowest BCUT2D eigenvalue weighted by molar-refractivity contribution is -0.124. The van der Waals surface area contributed by atoms with Crippen molar-refractivity contribution in [1.29, 1.82) is 0 Å². The van der Waals surface area contributed by atoms with Crippen LogP contribution in [0.5, 0.6) is 11.5 Å². The molecule has 2 heterocycles. The topological polar surface area (TPSA) is 76.7 Å². The minimum Gasteiger partial charge on any atom is -0.493 e. The molecular formula is C33H27ClN2O4. The van der Waals surface area contributed by atoms with Crippen LogP contribution in [-0.4, -0.2) is 25.9 Å². The Morgan fingerprint density at radius 3 is 2.15 bits per heavy atom. The summed E-state index contributed by atoms with van der Waals surface area (Å²) in [5.41, 5.74) is 2.07. The van der Waals surface area contributed by atoms with E-state index in [9.17, 15) is 4.79 Å². The Morgan fingerprint density at radius 1 is 0.825 bits per heavy atom. The first-order valence-corrected chi connectivity index (χ1v) is 13.6. The number of carbonyl (C=O) groups is 2. The molecule has 7 rings (SSSR count). The van der Waals surface area contributed by atoms with Gasteiger partial charge in [0.15, 0.2) is 17.3 Å². The van der Waals surface area contributed by atoms with Crippen molar-refractivity contribution < 1.29 is 19.1 Å². The van der Waals surface area contributed by atoms with E-state index in [1.165, 1.54) is 0 Å². The Balaban J connectivity index is 1.57. The number of methoxy groups -OCH3 is 2. The van der Waals surface area contributed by atoms with Gasteiger partial charge in [-0.15, -0.1) is 0 Å². The molecule has 1 fully saturated rings. The molecule has 7 heteroatoms. The number of hydrogen-bond acceptors (Lipinski definition) is 5. The predicted molar refractivity (Wildman–Crippen MR) is 153 cm³/mol. The summed E-state index contributed by atoms with van der Waals surface area (Å²) in [6.07, 6.45) is 0.330. The van der Waals surface area contributed by atoms with E-state index in [0.717, 1.165) is 16.7 Å². The number of ketones is 1. The summed E-state index contributed by atoms with van der Waals surface area (Å²) in [6.45, 7) is 0. The van der Waals surface area contributed by atoms with Crippen LogP contribution in [0, 0.1) is 5.41 Å². The fourth-order valence-electron chi connectivity index (χ4n) is 7.35. The lowest BCUT2D eigenvalue weighted by atomic mass is 9.58. The molecule has 4 unspecified atom stereocenters. The number of rotatable bonds is 4. The van der Waals surface area contributed by atoms with E-state index in [1.54, 1.807) is 26.4 Å². The van der Waals surface area contributed by atoms with Gasteiger partial charge in [-0.2, -0.15) is 0 Å². The van der Waals surface area contributed by atoms with Gasteiger partial charge in [0.2, 0.25) is 0 Å². The van der Waals surface area contributed by atoms with Gasteiger partial charge in [0, 0.05) is 33.8 Å². The summed E-state index contributed by atoms with van der Waals surface area (Å²) >= 11 is 6.55. The number of amides is 1. The average Bonchev–Trinajstić information content (AvgIpc) is 3.56. The van der Waals surface area contributed by atoms with Gasteiger partial charge in [-0.25, -0.2) is 0 Å². The summed E-state index contributed by atoms with van der Waals surface area (Å²) in [5, 5.41) is 7.35. The zero-order chi connectivity index (χ0) is 27.6. The summed E-state index contributed by atoms with van der Waals surface area (Å²) in [6, 6.07) is 28.7. The van der Waals surface area contributed by atoms with E-state index in [-0.39, 0.29) is 23.7 Å². The Bertz CT molecular complexity index is 1680. The molecule has 6 nitrogen and oxygen atoms in total. The lowest BCUT2D eigenvalue weighted by Gasteiger charge is -2.41. The average molecular weight is 551 g/mol. The number of halogens is 1. The van der Waals surface area contributed by atoms with E-state index in [4.69, 9.17) is 21.1 Å². The van der Waals surface area contributed by atoms with Gasteiger partial charge in [0.1, 0.15) is 5.54 Å². The van der Waals surface area contributed by atoms with Gasteiger partial charge in [-0.3, -0.25) is 14.9 Å². The number of benzene rings is 4. The van der Waals surface area contributed by atoms with Crippen molar-refractivity contribution in [2.45, 2.75) is 23.9 Å². The van der Waals surface area contributed by atoms with E-state index in [2.05, 4.69) is 10.6 Å². The molecule has 1 amide bonds. The van der Waals surface area contributed by atoms with Crippen molar-refractivity contribution in [2.75, 3.05) is 19.5 Å². The Hall–Kier alpha value is -4.13. The first-order valence-electron chi connectivity index (χ1n) is 13.2. The molecule has 4 aromatic carbocycles. The van der Waals surface area contributed by atoms with Crippen LogP contribution < -0.4 is 20.1 Å². The number of fused-ring (bicyclic) bond motifs is 4. The van der Waals surface area contributed by atoms with Crippen LogP contribution in [0.15, 0.2) is 91.0 Å². The quantitative estimate of drug-likeness (QED) is 0.323. The number of Topliss-reactive ketones (excluding diaryl/α,β-unsaturated/α-hetero) is 1. The molecule has 0 saturated carbocycles. The van der Waals surface area contributed by atoms with Crippen LogP contribution in [0.2, 0.25) is 5.02 Å². The lowest BCUT2D eigenvalue weighted by Crippen LogP contribution is -2.57. The summed E-state index contributed by atoms with van der Waals surface area (Å²) in [5.74, 6) is 0.266. The van der Waals surface area contributed by atoms with Gasteiger partial charge in [-0.1, -0.05) is 72.3 Å². The zero-order valence-corrected chi connectivity index (χ0v) is 22.8.